The van der Waals surface area contributed by atoms with Crippen LogP contribution in [0.2, 0.25) is 0 Å². The molecule has 4 N–H and O–H groups in total. The third kappa shape index (κ3) is 4.82. The molecule has 6 heteroatoms. The van der Waals surface area contributed by atoms with Crippen molar-refractivity contribution in [3.05, 3.63) is 76.5 Å². The van der Waals surface area contributed by atoms with Crippen LogP contribution in [-0.4, -0.2) is 11.8 Å². The summed E-state index contributed by atoms with van der Waals surface area (Å²) in [5, 5.41) is 15.1. The van der Waals surface area contributed by atoms with Crippen molar-refractivity contribution in [2.75, 3.05) is 5.32 Å². The predicted octanol–water partition coefficient (Wildman–Crippen LogP) is 3.36. The fourth-order valence-electron chi connectivity index (χ4n) is 3.50. The van der Waals surface area contributed by atoms with Gasteiger partial charge in [-0.15, -0.1) is 0 Å². The summed E-state index contributed by atoms with van der Waals surface area (Å²) >= 11 is 0. The Morgan fingerprint density at radius 1 is 1.14 bits per heavy atom. The molecule has 1 atom stereocenters. The van der Waals surface area contributed by atoms with Gasteiger partial charge in [0.2, 0.25) is 0 Å². The minimum absolute atomic E-state index is 0.0888. The zero-order valence-electron chi connectivity index (χ0n) is 16.4. The van der Waals surface area contributed by atoms with Crippen LogP contribution in [0.1, 0.15) is 52.9 Å². The maximum Gasteiger partial charge on any atom is 0.263 e. The highest BCUT2D eigenvalue weighted by Gasteiger charge is 2.16. The number of carbonyl (C=O) groups is 2. The van der Waals surface area contributed by atoms with Gasteiger partial charge in [0.05, 0.1) is 17.3 Å². The molecule has 2 amide bonds. The number of hydrogen-bond donors (Lipinski definition) is 3. The summed E-state index contributed by atoms with van der Waals surface area (Å²) in [6, 6.07) is 14.6. The predicted molar refractivity (Wildman–Crippen MR) is 112 cm³/mol. The van der Waals surface area contributed by atoms with Crippen LogP contribution in [0.5, 0.6) is 0 Å². The van der Waals surface area contributed by atoms with Crippen LogP contribution >= 0.6 is 0 Å². The van der Waals surface area contributed by atoms with E-state index in [1.54, 1.807) is 24.3 Å². The number of anilines is 1. The van der Waals surface area contributed by atoms with E-state index in [1.165, 1.54) is 30.2 Å². The third-order valence-electron chi connectivity index (χ3n) is 5.15. The minimum atomic E-state index is -0.592. The lowest BCUT2D eigenvalue weighted by molar-refractivity contribution is -0.117. The topological polar surface area (TPSA) is 108 Å². The van der Waals surface area contributed by atoms with Crippen LogP contribution in [0.25, 0.3) is 0 Å². The van der Waals surface area contributed by atoms with Gasteiger partial charge < -0.3 is 16.4 Å². The third-order valence-corrected chi connectivity index (χ3v) is 5.15. The zero-order chi connectivity index (χ0) is 20.8. The van der Waals surface area contributed by atoms with Gasteiger partial charge >= 0.3 is 0 Å². The standard InChI is InChI=1S/C23H24N4O2/c1-15(17-11-10-16-6-2-3-7-18(16)12-17)27-23(29)19(13-24)14-26-21-9-5-4-8-20(21)22(25)28/h4-5,8-12,14-15,26H,2-3,6-7H2,1H3,(H2,25,28)(H,27,29)/b19-14-. The van der Waals surface area contributed by atoms with Crippen LogP contribution < -0.4 is 16.4 Å². The van der Waals surface area contributed by atoms with E-state index in [2.05, 4.69) is 22.8 Å². The van der Waals surface area contributed by atoms with Crippen molar-refractivity contribution in [3.8, 4) is 6.07 Å². The van der Waals surface area contributed by atoms with Gasteiger partial charge in [-0.2, -0.15) is 5.26 Å². The molecule has 2 aromatic rings. The summed E-state index contributed by atoms with van der Waals surface area (Å²) in [5.74, 6) is -1.08. The maximum atomic E-state index is 12.6. The summed E-state index contributed by atoms with van der Waals surface area (Å²) in [6.07, 6.45) is 5.88. The second-order valence-electron chi connectivity index (χ2n) is 7.15. The fraction of sp³-hybridized carbons (Fsp3) is 0.261. The number of fused-ring (bicyclic) bond motifs is 1. The molecule has 0 bridgehead atoms. The number of para-hydroxylation sites is 1. The average Bonchev–Trinajstić information content (AvgIpc) is 2.74. The van der Waals surface area contributed by atoms with Gasteiger partial charge in [-0.1, -0.05) is 30.3 Å². The summed E-state index contributed by atoms with van der Waals surface area (Å²) in [6.45, 7) is 1.90. The van der Waals surface area contributed by atoms with Crippen LogP contribution in [0.4, 0.5) is 5.69 Å². The Labute approximate surface area is 170 Å². The lowest BCUT2D eigenvalue weighted by atomic mass is 9.89. The number of aryl methyl sites for hydroxylation is 2. The molecule has 0 spiro atoms. The second-order valence-corrected chi connectivity index (χ2v) is 7.15. The number of primary amides is 1. The van der Waals surface area contributed by atoms with Crippen molar-refractivity contribution in [1.29, 1.82) is 5.26 Å². The summed E-state index contributed by atoms with van der Waals surface area (Å²) < 4.78 is 0. The molecule has 2 aromatic carbocycles. The van der Waals surface area contributed by atoms with Crippen LogP contribution in [0.3, 0.4) is 0 Å². The SMILES string of the molecule is CC(NC(=O)/C(C#N)=C\Nc1ccccc1C(N)=O)c1ccc2c(c1)CCCC2. The number of rotatable bonds is 6. The van der Waals surface area contributed by atoms with Crippen LogP contribution in [0.15, 0.2) is 54.2 Å². The molecular formula is C23H24N4O2. The van der Waals surface area contributed by atoms with Crippen LogP contribution in [0, 0.1) is 11.3 Å². The summed E-state index contributed by atoms with van der Waals surface area (Å²) in [5.41, 5.74) is 9.72. The van der Waals surface area contributed by atoms with E-state index in [4.69, 9.17) is 5.73 Å². The highest BCUT2D eigenvalue weighted by atomic mass is 16.2. The molecule has 0 heterocycles. The molecule has 148 valence electrons. The van der Waals surface area contributed by atoms with Crippen molar-refractivity contribution < 1.29 is 9.59 Å². The molecule has 0 radical (unpaired) electrons. The van der Waals surface area contributed by atoms with Crippen molar-refractivity contribution in [1.82, 2.24) is 5.32 Å². The number of carbonyl (C=O) groups excluding carboxylic acids is 2. The van der Waals surface area contributed by atoms with Crippen molar-refractivity contribution in [2.45, 2.75) is 38.6 Å². The van der Waals surface area contributed by atoms with Gasteiger partial charge in [0, 0.05) is 6.20 Å². The highest BCUT2D eigenvalue weighted by molar-refractivity contribution is 6.00. The molecule has 1 unspecified atom stereocenters. The molecule has 0 fully saturated rings. The van der Waals surface area contributed by atoms with Crippen LogP contribution in [-0.2, 0) is 17.6 Å². The molecule has 0 aromatic heterocycles. The number of nitrogens with zero attached hydrogens (tertiary/aromatic N) is 1. The van der Waals surface area contributed by atoms with Gasteiger partial charge in [0.25, 0.3) is 11.8 Å². The Kier molecular flexibility index (Phi) is 6.30. The largest absolute Gasteiger partial charge is 0.366 e. The number of hydrogen-bond acceptors (Lipinski definition) is 4. The van der Waals surface area contributed by atoms with Gasteiger partial charge in [-0.05, 0) is 61.4 Å². The van der Waals surface area contributed by atoms with Gasteiger partial charge in [0.1, 0.15) is 11.6 Å². The van der Waals surface area contributed by atoms with Gasteiger partial charge in [0.15, 0.2) is 0 Å². The average molecular weight is 388 g/mol. The zero-order valence-corrected chi connectivity index (χ0v) is 16.4. The van der Waals surface area contributed by atoms with E-state index in [1.807, 2.05) is 19.1 Å². The Hall–Kier alpha value is -3.59. The first-order valence-corrected chi connectivity index (χ1v) is 9.68. The Morgan fingerprint density at radius 3 is 2.59 bits per heavy atom. The first kappa shape index (κ1) is 20.2. The van der Waals surface area contributed by atoms with E-state index in [0.29, 0.717) is 5.69 Å². The monoisotopic (exact) mass is 388 g/mol. The molecule has 6 nitrogen and oxygen atoms in total. The lowest BCUT2D eigenvalue weighted by Crippen LogP contribution is -2.28. The second kappa shape index (κ2) is 9.07. The molecule has 1 aliphatic rings. The van der Waals surface area contributed by atoms with Crippen molar-refractivity contribution in [2.24, 2.45) is 5.73 Å². The molecule has 0 saturated carbocycles. The number of nitrogens with one attached hydrogen (secondary N) is 2. The van der Waals surface area contributed by atoms with Gasteiger partial charge in [-0.25, -0.2) is 0 Å². The minimum Gasteiger partial charge on any atom is -0.366 e. The number of nitriles is 1. The molecule has 1 aliphatic carbocycles. The number of nitrogens with two attached hydrogens (primary N) is 1. The van der Waals surface area contributed by atoms with E-state index in [-0.39, 0.29) is 17.2 Å². The summed E-state index contributed by atoms with van der Waals surface area (Å²) in [4.78, 5) is 24.0. The Balaban J connectivity index is 1.71. The van der Waals surface area contributed by atoms with Crippen molar-refractivity contribution in [3.63, 3.8) is 0 Å². The van der Waals surface area contributed by atoms with E-state index < -0.39 is 11.8 Å². The Bertz CT molecular complexity index is 1000. The van der Waals surface area contributed by atoms with E-state index in [0.717, 1.165) is 18.4 Å². The normalized spacial score (nSPS) is 14.3. The lowest BCUT2D eigenvalue weighted by Gasteiger charge is -2.20. The molecular weight excluding hydrogens is 364 g/mol. The number of benzene rings is 2. The van der Waals surface area contributed by atoms with E-state index in [9.17, 15) is 14.9 Å². The number of amides is 2. The highest BCUT2D eigenvalue weighted by Crippen LogP contribution is 2.25. The molecule has 29 heavy (non-hydrogen) atoms. The quantitative estimate of drug-likeness (QED) is 0.521. The smallest absolute Gasteiger partial charge is 0.263 e. The first-order valence-electron chi connectivity index (χ1n) is 9.68. The maximum absolute atomic E-state index is 12.6. The molecule has 0 aliphatic heterocycles. The van der Waals surface area contributed by atoms with Crippen molar-refractivity contribution >= 4 is 17.5 Å². The fourth-order valence-corrected chi connectivity index (χ4v) is 3.50. The molecule has 3 rings (SSSR count). The Morgan fingerprint density at radius 2 is 1.86 bits per heavy atom. The molecule has 0 saturated heterocycles. The van der Waals surface area contributed by atoms with E-state index >= 15 is 0 Å². The summed E-state index contributed by atoms with van der Waals surface area (Å²) in [7, 11) is 0. The first-order chi connectivity index (χ1) is 14.0. The van der Waals surface area contributed by atoms with Gasteiger partial charge in [-0.3, -0.25) is 9.59 Å².